The molecule has 2 aliphatic rings. The number of hydrogen-bond donors (Lipinski definition) is 1. The van der Waals surface area contributed by atoms with Gasteiger partial charge in [-0.2, -0.15) is 0 Å². The first-order chi connectivity index (χ1) is 11.6. The van der Waals surface area contributed by atoms with Crippen LogP contribution in [-0.4, -0.2) is 54.8 Å². The van der Waals surface area contributed by atoms with E-state index in [2.05, 4.69) is 23.0 Å². The number of likely N-dealkylation sites (N-methyl/N-ethyl adjacent to an activating group) is 1. The molecular weight excluding hydrogens is 320 g/mol. The maximum Gasteiger partial charge on any atom is 0.254 e. The van der Waals surface area contributed by atoms with E-state index in [0.717, 1.165) is 48.7 Å². The highest BCUT2D eigenvalue weighted by atomic mass is 32.1. The van der Waals surface area contributed by atoms with Crippen LogP contribution in [0, 0.1) is 0 Å². The van der Waals surface area contributed by atoms with Gasteiger partial charge in [0.15, 0.2) is 0 Å². The molecule has 0 spiro atoms. The van der Waals surface area contributed by atoms with Gasteiger partial charge in [-0.3, -0.25) is 4.79 Å². The third-order valence-electron chi connectivity index (χ3n) is 4.72. The van der Waals surface area contributed by atoms with Gasteiger partial charge in [0, 0.05) is 38.2 Å². The van der Waals surface area contributed by atoms with Crippen LogP contribution >= 0.6 is 11.3 Å². The van der Waals surface area contributed by atoms with Crippen molar-refractivity contribution in [1.82, 2.24) is 9.80 Å². The highest BCUT2D eigenvalue weighted by molar-refractivity contribution is 7.12. The molecule has 0 unspecified atom stereocenters. The summed E-state index contributed by atoms with van der Waals surface area (Å²) in [5, 5.41) is 2.04. The van der Waals surface area contributed by atoms with Gasteiger partial charge in [0.25, 0.3) is 5.91 Å². The number of benzene rings is 1. The Labute approximate surface area is 145 Å². The van der Waals surface area contributed by atoms with Gasteiger partial charge in [-0.15, -0.1) is 11.3 Å². The lowest BCUT2D eigenvalue weighted by Crippen LogP contribution is -2.47. The third-order valence-corrected chi connectivity index (χ3v) is 5.70. The molecule has 1 aromatic heterocycles. The van der Waals surface area contributed by atoms with Crippen molar-refractivity contribution < 1.29 is 4.79 Å². The van der Waals surface area contributed by atoms with Crippen LogP contribution in [0.4, 0.5) is 5.69 Å². The number of thiophene rings is 1. The topological polar surface area (TPSA) is 61.9 Å². The van der Waals surface area contributed by atoms with Crippen molar-refractivity contribution in [3.63, 3.8) is 0 Å². The van der Waals surface area contributed by atoms with Gasteiger partial charge in [0.05, 0.1) is 10.6 Å². The van der Waals surface area contributed by atoms with E-state index in [1.54, 1.807) is 11.3 Å². The number of rotatable bonds is 1. The summed E-state index contributed by atoms with van der Waals surface area (Å²) in [7, 11) is 2.08. The molecule has 0 atom stereocenters. The molecule has 0 aliphatic carbocycles. The molecule has 24 heavy (non-hydrogen) atoms. The van der Waals surface area contributed by atoms with E-state index >= 15 is 0 Å². The summed E-state index contributed by atoms with van der Waals surface area (Å²) in [6, 6.07) is 7.92. The van der Waals surface area contributed by atoms with E-state index in [9.17, 15) is 4.79 Å². The Morgan fingerprint density at radius 1 is 1.17 bits per heavy atom. The first kappa shape index (κ1) is 15.4. The van der Waals surface area contributed by atoms with Crippen LogP contribution in [0.3, 0.4) is 0 Å². The number of aliphatic imine (C=N–C) groups is 1. The molecule has 6 heteroatoms. The minimum absolute atomic E-state index is 0.0821. The number of carbonyl (C=O) groups is 1. The van der Waals surface area contributed by atoms with Gasteiger partial charge in [0.1, 0.15) is 5.84 Å². The predicted octanol–water partition coefficient (Wildman–Crippen LogP) is 2.08. The smallest absolute Gasteiger partial charge is 0.254 e. The number of amidine groups is 1. The Morgan fingerprint density at radius 2 is 1.96 bits per heavy atom. The van der Waals surface area contributed by atoms with Crippen LogP contribution in [0.2, 0.25) is 0 Å². The zero-order chi connectivity index (χ0) is 16.7. The van der Waals surface area contributed by atoms with Crippen molar-refractivity contribution in [3.05, 3.63) is 51.2 Å². The minimum atomic E-state index is 0.0821. The largest absolute Gasteiger partial charge is 0.382 e. The van der Waals surface area contributed by atoms with E-state index in [4.69, 9.17) is 5.73 Å². The lowest BCUT2D eigenvalue weighted by molar-refractivity contribution is 0.0664. The van der Waals surface area contributed by atoms with Gasteiger partial charge in [-0.05, 0) is 41.8 Å². The fourth-order valence-electron chi connectivity index (χ4n) is 3.23. The highest BCUT2D eigenvalue weighted by Crippen LogP contribution is 2.31. The molecule has 2 N–H and O–H groups in total. The molecule has 2 aromatic rings. The SMILES string of the molecule is CN1CCN(C(=O)c2ccc3c(c2)N=C(N)c2sccc2C3)CC1. The van der Waals surface area contributed by atoms with Crippen LogP contribution in [0.5, 0.6) is 0 Å². The second kappa shape index (κ2) is 6.03. The van der Waals surface area contributed by atoms with Crippen molar-refractivity contribution in [2.45, 2.75) is 6.42 Å². The van der Waals surface area contributed by atoms with E-state index in [1.165, 1.54) is 5.56 Å². The molecule has 124 valence electrons. The molecular formula is C18H20N4OS. The number of hydrogen-bond acceptors (Lipinski definition) is 5. The van der Waals surface area contributed by atoms with Crippen LogP contribution in [-0.2, 0) is 6.42 Å². The van der Waals surface area contributed by atoms with Gasteiger partial charge < -0.3 is 15.5 Å². The molecule has 0 radical (unpaired) electrons. The Bertz CT molecular complexity index is 818. The number of nitrogens with two attached hydrogens (primary N) is 1. The van der Waals surface area contributed by atoms with Crippen LogP contribution < -0.4 is 5.73 Å². The summed E-state index contributed by atoms with van der Waals surface area (Å²) in [5.41, 5.74) is 9.98. The van der Waals surface area contributed by atoms with Crippen molar-refractivity contribution in [2.75, 3.05) is 33.2 Å². The van der Waals surface area contributed by atoms with Crippen LogP contribution in [0.1, 0.15) is 26.4 Å². The third kappa shape index (κ3) is 2.72. The maximum absolute atomic E-state index is 12.8. The quantitative estimate of drug-likeness (QED) is 0.864. The normalized spacial score (nSPS) is 17.7. The van der Waals surface area contributed by atoms with Gasteiger partial charge >= 0.3 is 0 Å². The number of amides is 1. The summed E-state index contributed by atoms with van der Waals surface area (Å²) < 4.78 is 0. The Hall–Kier alpha value is -2.18. The Kier molecular flexibility index (Phi) is 3.86. The summed E-state index contributed by atoms with van der Waals surface area (Å²) in [4.78, 5) is 22.5. The number of fused-ring (bicyclic) bond motifs is 2. The predicted molar refractivity (Wildman–Crippen MR) is 97.4 cm³/mol. The zero-order valence-electron chi connectivity index (χ0n) is 13.7. The first-order valence-corrected chi connectivity index (χ1v) is 9.01. The summed E-state index contributed by atoms with van der Waals surface area (Å²) >= 11 is 1.62. The van der Waals surface area contributed by atoms with E-state index in [1.807, 2.05) is 28.5 Å². The molecule has 1 saturated heterocycles. The molecule has 0 bridgehead atoms. The maximum atomic E-state index is 12.8. The Morgan fingerprint density at radius 3 is 2.75 bits per heavy atom. The average molecular weight is 340 g/mol. The second-order valence-corrected chi connectivity index (χ2v) is 7.30. The van der Waals surface area contributed by atoms with Crippen molar-refractivity contribution in [3.8, 4) is 0 Å². The number of nitrogens with zero attached hydrogens (tertiary/aromatic N) is 3. The van der Waals surface area contributed by atoms with E-state index < -0.39 is 0 Å². The van der Waals surface area contributed by atoms with Crippen molar-refractivity contribution >= 4 is 28.8 Å². The summed E-state index contributed by atoms with van der Waals surface area (Å²) in [6.45, 7) is 3.38. The minimum Gasteiger partial charge on any atom is -0.382 e. The summed E-state index contributed by atoms with van der Waals surface area (Å²) in [5.74, 6) is 0.627. The summed E-state index contributed by atoms with van der Waals surface area (Å²) in [6.07, 6.45) is 0.807. The van der Waals surface area contributed by atoms with E-state index in [-0.39, 0.29) is 5.91 Å². The molecule has 2 aliphatic heterocycles. The molecule has 0 saturated carbocycles. The number of piperazine rings is 1. The fraction of sp³-hybridized carbons (Fsp3) is 0.333. The lowest BCUT2D eigenvalue weighted by Gasteiger charge is -2.32. The molecule has 1 fully saturated rings. The fourth-order valence-corrected chi connectivity index (χ4v) is 4.05. The Balaban J connectivity index is 1.64. The molecule has 3 heterocycles. The van der Waals surface area contributed by atoms with Gasteiger partial charge in [-0.25, -0.2) is 4.99 Å². The molecule has 1 amide bonds. The van der Waals surface area contributed by atoms with E-state index in [0.29, 0.717) is 11.4 Å². The highest BCUT2D eigenvalue weighted by Gasteiger charge is 2.22. The monoisotopic (exact) mass is 340 g/mol. The average Bonchev–Trinajstić information content (AvgIpc) is 3.00. The van der Waals surface area contributed by atoms with Crippen LogP contribution in [0.25, 0.3) is 0 Å². The van der Waals surface area contributed by atoms with Crippen molar-refractivity contribution in [1.29, 1.82) is 0 Å². The molecule has 1 aromatic carbocycles. The van der Waals surface area contributed by atoms with Gasteiger partial charge in [-0.1, -0.05) is 6.07 Å². The van der Waals surface area contributed by atoms with Crippen LogP contribution in [0.15, 0.2) is 34.6 Å². The van der Waals surface area contributed by atoms with Crippen molar-refractivity contribution in [2.24, 2.45) is 10.7 Å². The zero-order valence-corrected chi connectivity index (χ0v) is 14.5. The lowest BCUT2D eigenvalue weighted by atomic mass is 10.0. The second-order valence-electron chi connectivity index (χ2n) is 6.39. The first-order valence-electron chi connectivity index (χ1n) is 8.13. The van der Waals surface area contributed by atoms with Gasteiger partial charge in [0.2, 0.25) is 0 Å². The molecule has 5 nitrogen and oxygen atoms in total. The standard InChI is InChI=1S/C18H20N4OS/c1-21-5-7-22(8-6-21)18(23)14-3-2-12-10-13-4-9-24-16(13)17(19)20-15(12)11-14/h2-4,9,11H,5-8,10H2,1H3,(H2,19,20). The number of carbonyl (C=O) groups excluding carboxylic acids is 1. The molecule has 4 rings (SSSR count).